The summed E-state index contributed by atoms with van der Waals surface area (Å²) in [7, 11) is 1.62. The summed E-state index contributed by atoms with van der Waals surface area (Å²) in [5, 5.41) is 2.68. The van der Waals surface area contributed by atoms with E-state index >= 15 is 0 Å². The Bertz CT molecular complexity index is 1360. The molecule has 0 saturated carbocycles. The zero-order valence-corrected chi connectivity index (χ0v) is 23.9. The van der Waals surface area contributed by atoms with Crippen LogP contribution in [0, 0.1) is 0 Å². The van der Waals surface area contributed by atoms with E-state index in [1.54, 1.807) is 17.1 Å². The highest BCUT2D eigenvalue weighted by atomic mass is 35.5. The fraction of sp³-hybridized carbons (Fsp3) is 0.417. The highest BCUT2D eigenvalue weighted by molar-refractivity contribution is 7.09. The van der Waals surface area contributed by atoms with Crippen LogP contribution in [0.4, 0.5) is 4.79 Å². The van der Waals surface area contributed by atoms with Gasteiger partial charge in [0.2, 0.25) is 12.5 Å². The average Bonchev–Trinajstić information content (AvgIpc) is 3.70. The van der Waals surface area contributed by atoms with Gasteiger partial charge in [0.1, 0.15) is 22.5 Å². The number of thiazole rings is 1. The quantitative estimate of drug-likeness (QED) is 0.348. The summed E-state index contributed by atoms with van der Waals surface area (Å²) < 4.78 is 23.2. The number of piperazine rings is 1. The van der Waals surface area contributed by atoms with Crippen molar-refractivity contribution in [3.63, 3.8) is 0 Å². The molecule has 1 aromatic carbocycles. The van der Waals surface area contributed by atoms with Crippen LogP contribution in [0.3, 0.4) is 0 Å². The standard InChI is InChI=1S/C24H27Cl2N7O6S/c1-36-17-8-15(9-18-20(17)39-14-38-18)10-32-4-2-31(3-5-32)6-7-37-24(35)30-29-23(34)16-12-40-19(28-16)11-33-13-27-21(25)22(33)26/h8-9,12-13H,2-7,10-11,14H2,1H3,(H,29,34)(H,30,35). The number of carbonyl (C=O) groups excluding carboxylic acids is 2. The van der Waals surface area contributed by atoms with E-state index in [0.29, 0.717) is 35.3 Å². The van der Waals surface area contributed by atoms with E-state index in [0.717, 1.165) is 38.3 Å². The van der Waals surface area contributed by atoms with Crippen molar-refractivity contribution in [2.24, 2.45) is 0 Å². The van der Waals surface area contributed by atoms with E-state index in [4.69, 9.17) is 42.1 Å². The number of nitrogens with one attached hydrogen (secondary N) is 2. The van der Waals surface area contributed by atoms with Gasteiger partial charge in [0, 0.05) is 44.6 Å². The number of imidazole rings is 1. The maximum atomic E-state index is 12.3. The number of halogens is 2. The van der Waals surface area contributed by atoms with E-state index in [1.165, 1.54) is 17.7 Å². The lowest BCUT2D eigenvalue weighted by Crippen LogP contribution is -2.47. The second-order valence-corrected chi connectivity index (χ2v) is 10.6. The summed E-state index contributed by atoms with van der Waals surface area (Å²) in [5.74, 6) is 1.46. The third kappa shape index (κ3) is 6.88. The van der Waals surface area contributed by atoms with Gasteiger partial charge in [0.15, 0.2) is 16.7 Å². The first kappa shape index (κ1) is 28.2. The minimum Gasteiger partial charge on any atom is -0.493 e. The van der Waals surface area contributed by atoms with Crippen LogP contribution in [0.25, 0.3) is 0 Å². The molecule has 40 heavy (non-hydrogen) atoms. The first-order valence-electron chi connectivity index (χ1n) is 12.3. The summed E-state index contributed by atoms with van der Waals surface area (Å²) in [6, 6.07) is 3.97. The maximum Gasteiger partial charge on any atom is 0.426 e. The maximum absolute atomic E-state index is 12.3. The van der Waals surface area contributed by atoms with Crippen molar-refractivity contribution in [3.05, 3.63) is 50.4 Å². The van der Waals surface area contributed by atoms with Crippen LogP contribution >= 0.6 is 34.5 Å². The minimum atomic E-state index is -0.751. The van der Waals surface area contributed by atoms with Gasteiger partial charge in [-0.3, -0.25) is 20.0 Å². The van der Waals surface area contributed by atoms with Gasteiger partial charge >= 0.3 is 6.09 Å². The number of carbonyl (C=O) groups is 2. The fourth-order valence-corrected chi connectivity index (χ4v) is 5.34. The molecule has 1 saturated heterocycles. The first-order valence-corrected chi connectivity index (χ1v) is 14.0. The molecule has 0 aliphatic carbocycles. The Kier molecular flexibility index (Phi) is 9.11. The molecule has 2 aliphatic rings. The van der Waals surface area contributed by atoms with Gasteiger partial charge in [-0.15, -0.1) is 11.3 Å². The minimum absolute atomic E-state index is 0.152. The van der Waals surface area contributed by atoms with Crippen molar-refractivity contribution in [1.82, 2.24) is 35.2 Å². The molecule has 1 fully saturated rings. The van der Waals surface area contributed by atoms with E-state index in [2.05, 4.69) is 30.6 Å². The Balaban J connectivity index is 0.978. The SMILES string of the molecule is COc1cc(CN2CCN(CCOC(=O)NNC(=O)c3csc(Cn4cnc(Cl)c4Cl)n3)CC2)cc2c1OCO2. The third-order valence-electron chi connectivity index (χ3n) is 6.33. The molecule has 2 N–H and O–H groups in total. The lowest BCUT2D eigenvalue weighted by Gasteiger charge is -2.34. The van der Waals surface area contributed by atoms with Crippen LogP contribution in [0.1, 0.15) is 21.1 Å². The first-order chi connectivity index (χ1) is 19.4. The molecule has 2 aliphatic heterocycles. The van der Waals surface area contributed by atoms with Gasteiger partial charge in [-0.2, -0.15) is 0 Å². The second-order valence-electron chi connectivity index (χ2n) is 8.95. The van der Waals surface area contributed by atoms with Gasteiger partial charge in [-0.05, 0) is 17.7 Å². The molecule has 3 aromatic rings. The molecule has 0 unspecified atom stereocenters. The van der Waals surface area contributed by atoms with E-state index in [-0.39, 0.29) is 29.4 Å². The Morgan fingerprint density at radius 1 is 1.10 bits per heavy atom. The molecule has 0 radical (unpaired) electrons. The molecule has 2 aromatic heterocycles. The van der Waals surface area contributed by atoms with E-state index in [1.807, 2.05) is 12.1 Å². The monoisotopic (exact) mass is 611 g/mol. The number of rotatable bonds is 9. The van der Waals surface area contributed by atoms with E-state index < -0.39 is 12.0 Å². The highest BCUT2D eigenvalue weighted by Gasteiger charge is 2.23. The molecule has 214 valence electrons. The number of ether oxygens (including phenoxy) is 4. The lowest BCUT2D eigenvalue weighted by molar-refractivity contribution is 0.0840. The van der Waals surface area contributed by atoms with Gasteiger partial charge in [0.05, 0.1) is 20.0 Å². The second kappa shape index (κ2) is 12.9. The molecule has 0 bridgehead atoms. The number of hydrazine groups is 1. The number of benzene rings is 1. The Labute approximate surface area is 243 Å². The van der Waals surface area contributed by atoms with Crippen molar-refractivity contribution in [2.45, 2.75) is 13.1 Å². The summed E-state index contributed by atoms with van der Waals surface area (Å²) in [6.45, 7) is 5.48. The molecule has 16 heteroatoms. The number of amides is 2. The zero-order chi connectivity index (χ0) is 28.1. The zero-order valence-electron chi connectivity index (χ0n) is 21.5. The number of nitrogens with zero attached hydrogens (tertiary/aromatic N) is 5. The van der Waals surface area contributed by atoms with Crippen LogP contribution < -0.4 is 25.1 Å². The van der Waals surface area contributed by atoms with Crippen molar-refractivity contribution in [2.75, 3.05) is 53.2 Å². The molecule has 4 heterocycles. The van der Waals surface area contributed by atoms with Crippen molar-refractivity contribution >= 4 is 46.5 Å². The summed E-state index contributed by atoms with van der Waals surface area (Å²) in [4.78, 5) is 37.1. The van der Waals surface area contributed by atoms with Gasteiger partial charge in [-0.1, -0.05) is 23.2 Å². The Morgan fingerprint density at radius 2 is 1.90 bits per heavy atom. The van der Waals surface area contributed by atoms with Gasteiger partial charge in [-0.25, -0.2) is 20.2 Å². The summed E-state index contributed by atoms with van der Waals surface area (Å²) in [6.07, 6.45) is 0.737. The largest absolute Gasteiger partial charge is 0.493 e. The molecule has 5 rings (SSSR count). The number of hydrogen-bond acceptors (Lipinski definition) is 11. The third-order valence-corrected chi connectivity index (χ3v) is 7.93. The number of methoxy groups -OCH3 is 1. The predicted octanol–water partition coefficient (Wildman–Crippen LogP) is 2.62. The van der Waals surface area contributed by atoms with Crippen LogP contribution in [-0.2, 0) is 17.8 Å². The smallest absolute Gasteiger partial charge is 0.426 e. The average molecular weight is 612 g/mol. The van der Waals surface area contributed by atoms with Gasteiger partial charge < -0.3 is 23.5 Å². The molecule has 0 spiro atoms. The van der Waals surface area contributed by atoms with Crippen molar-refractivity contribution in [3.8, 4) is 17.2 Å². The normalized spacial score (nSPS) is 15.2. The molecular formula is C24H27Cl2N7O6S. The molecule has 0 atom stereocenters. The van der Waals surface area contributed by atoms with Crippen LogP contribution in [0.15, 0.2) is 23.8 Å². The topological polar surface area (TPSA) is 132 Å². The highest BCUT2D eigenvalue weighted by Crippen LogP contribution is 2.42. The van der Waals surface area contributed by atoms with Crippen molar-refractivity contribution in [1.29, 1.82) is 0 Å². The van der Waals surface area contributed by atoms with E-state index in [9.17, 15) is 9.59 Å². The molecular weight excluding hydrogens is 585 g/mol. The number of fused-ring (bicyclic) bond motifs is 1. The summed E-state index contributed by atoms with van der Waals surface area (Å²) in [5.41, 5.74) is 5.79. The van der Waals surface area contributed by atoms with Crippen LogP contribution in [-0.4, -0.2) is 89.6 Å². The fourth-order valence-electron chi connectivity index (χ4n) is 4.27. The van der Waals surface area contributed by atoms with Gasteiger partial charge in [0.25, 0.3) is 5.91 Å². The Hall–Kier alpha value is -3.30. The van der Waals surface area contributed by atoms with Crippen LogP contribution in [0.2, 0.25) is 10.3 Å². The number of aromatic nitrogens is 3. The molecule has 2 amide bonds. The Morgan fingerprint density at radius 3 is 2.65 bits per heavy atom. The van der Waals surface area contributed by atoms with Crippen LogP contribution in [0.5, 0.6) is 17.2 Å². The lowest BCUT2D eigenvalue weighted by atomic mass is 10.1. The van der Waals surface area contributed by atoms with Crippen molar-refractivity contribution < 1.29 is 28.5 Å². The predicted molar refractivity (Wildman–Crippen MR) is 146 cm³/mol. The molecule has 13 nitrogen and oxygen atoms in total. The number of hydrogen-bond donors (Lipinski definition) is 2. The summed E-state index contributed by atoms with van der Waals surface area (Å²) >= 11 is 13.2.